The topological polar surface area (TPSA) is 39.3 Å². The molecule has 4 nitrogen and oxygen atoms in total. The molecular weight excluding hydrogens is 188 g/mol. The molecule has 0 radical (unpaired) electrons. The molecule has 0 aromatic rings. The van der Waals surface area contributed by atoms with E-state index in [0.29, 0.717) is 0 Å². The molecule has 0 aromatic carbocycles. The normalized spacial score (nSPS) is 11.2. The van der Waals surface area contributed by atoms with Crippen LogP contribution in [0, 0.1) is 0 Å². The molecular formula is C11H28N4. The molecule has 0 rings (SSSR count). The van der Waals surface area contributed by atoms with Crippen LogP contribution in [0.25, 0.3) is 0 Å². The fourth-order valence-corrected chi connectivity index (χ4v) is 1.23. The van der Waals surface area contributed by atoms with Gasteiger partial charge in [0.2, 0.25) is 0 Å². The Morgan fingerprint density at radius 1 is 0.933 bits per heavy atom. The Balaban J connectivity index is 2.92. The van der Waals surface area contributed by atoms with E-state index in [9.17, 15) is 0 Å². The van der Waals surface area contributed by atoms with E-state index in [2.05, 4.69) is 34.8 Å². The van der Waals surface area contributed by atoms with E-state index in [0.717, 1.165) is 45.8 Å². The lowest BCUT2D eigenvalue weighted by Crippen LogP contribution is -2.31. The molecule has 3 N–H and O–H groups in total. The van der Waals surface area contributed by atoms with E-state index in [4.69, 9.17) is 0 Å². The largest absolute Gasteiger partial charge is 0.318 e. The molecule has 4 heteroatoms. The zero-order valence-electron chi connectivity index (χ0n) is 10.6. The highest BCUT2D eigenvalue weighted by Crippen LogP contribution is 1.78. The third kappa shape index (κ3) is 11.8. The van der Waals surface area contributed by atoms with Crippen LogP contribution in [-0.2, 0) is 0 Å². The van der Waals surface area contributed by atoms with Gasteiger partial charge in [-0.15, -0.1) is 0 Å². The molecule has 0 spiro atoms. The third-order valence-electron chi connectivity index (χ3n) is 2.47. The van der Waals surface area contributed by atoms with Crippen molar-refractivity contribution < 1.29 is 0 Å². The highest BCUT2D eigenvalue weighted by Gasteiger charge is 1.93. The van der Waals surface area contributed by atoms with Gasteiger partial charge >= 0.3 is 0 Å². The zero-order chi connectivity index (χ0) is 11.4. The summed E-state index contributed by atoms with van der Waals surface area (Å²) in [5.74, 6) is 0. The van der Waals surface area contributed by atoms with Crippen molar-refractivity contribution >= 4 is 0 Å². The second kappa shape index (κ2) is 11.9. The molecule has 0 amide bonds. The summed E-state index contributed by atoms with van der Waals surface area (Å²) in [6.07, 6.45) is 1.21. The molecule has 0 bridgehead atoms. The van der Waals surface area contributed by atoms with Crippen molar-refractivity contribution in [3.05, 3.63) is 0 Å². The Labute approximate surface area is 94.8 Å². The maximum Gasteiger partial charge on any atom is 0.0104 e. The van der Waals surface area contributed by atoms with Gasteiger partial charge in [-0.25, -0.2) is 0 Å². The van der Waals surface area contributed by atoms with Crippen LogP contribution in [0.1, 0.15) is 13.3 Å². The molecule has 92 valence electrons. The van der Waals surface area contributed by atoms with Gasteiger partial charge in [0.05, 0.1) is 0 Å². The van der Waals surface area contributed by atoms with E-state index in [1.54, 1.807) is 0 Å². The summed E-state index contributed by atoms with van der Waals surface area (Å²) in [6.45, 7) is 9.90. The first kappa shape index (κ1) is 14.8. The van der Waals surface area contributed by atoms with E-state index < -0.39 is 0 Å². The number of nitrogens with one attached hydrogen (secondary N) is 3. The van der Waals surface area contributed by atoms with Crippen LogP contribution in [0.15, 0.2) is 0 Å². The highest BCUT2D eigenvalue weighted by molar-refractivity contribution is 4.55. The fourth-order valence-electron chi connectivity index (χ4n) is 1.23. The summed E-state index contributed by atoms with van der Waals surface area (Å²) in [5.41, 5.74) is 0. The van der Waals surface area contributed by atoms with Crippen molar-refractivity contribution in [3.63, 3.8) is 0 Å². The van der Waals surface area contributed by atoms with Crippen LogP contribution in [0.5, 0.6) is 0 Å². The quantitative estimate of drug-likeness (QED) is 0.416. The maximum atomic E-state index is 3.44. The van der Waals surface area contributed by atoms with Crippen molar-refractivity contribution in [2.75, 3.05) is 59.9 Å². The monoisotopic (exact) mass is 216 g/mol. The summed E-state index contributed by atoms with van der Waals surface area (Å²) >= 11 is 0. The maximum absolute atomic E-state index is 3.44. The molecule has 15 heavy (non-hydrogen) atoms. The second-order valence-corrected chi connectivity index (χ2v) is 3.85. The molecule has 0 saturated heterocycles. The van der Waals surface area contributed by atoms with Gasteiger partial charge in [-0.05, 0) is 40.2 Å². The van der Waals surface area contributed by atoms with Crippen LogP contribution in [0.4, 0.5) is 0 Å². The van der Waals surface area contributed by atoms with Crippen molar-refractivity contribution in [1.29, 1.82) is 0 Å². The van der Waals surface area contributed by atoms with Gasteiger partial charge in [0.15, 0.2) is 0 Å². The molecule has 0 aliphatic rings. The summed E-state index contributed by atoms with van der Waals surface area (Å²) in [5, 5.41) is 9.94. The summed E-state index contributed by atoms with van der Waals surface area (Å²) in [6, 6.07) is 0. The smallest absolute Gasteiger partial charge is 0.0104 e. The van der Waals surface area contributed by atoms with E-state index >= 15 is 0 Å². The van der Waals surface area contributed by atoms with Gasteiger partial charge in [0.25, 0.3) is 0 Å². The lowest BCUT2D eigenvalue weighted by atomic mass is 10.4. The van der Waals surface area contributed by atoms with Crippen molar-refractivity contribution in [1.82, 2.24) is 20.9 Å². The number of hydrogen-bond acceptors (Lipinski definition) is 4. The predicted octanol–water partition coefficient (Wildman–Crippen LogP) is -0.273. The molecule has 0 aliphatic carbocycles. The van der Waals surface area contributed by atoms with Crippen molar-refractivity contribution in [2.45, 2.75) is 13.3 Å². The number of likely N-dealkylation sites (N-methyl/N-ethyl adjacent to an activating group) is 2. The molecule has 0 unspecified atom stereocenters. The number of hydrogen-bond donors (Lipinski definition) is 3. The summed E-state index contributed by atoms with van der Waals surface area (Å²) in [7, 11) is 4.13. The Hall–Kier alpha value is -0.160. The molecule has 0 atom stereocenters. The van der Waals surface area contributed by atoms with Crippen molar-refractivity contribution in [2.24, 2.45) is 0 Å². The first-order chi connectivity index (χ1) is 7.31. The molecule has 0 aliphatic heterocycles. The summed E-state index contributed by atoms with van der Waals surface area (Å²) < 4.78 is 0. The molecule has 0 fully saturated rings. The molecule has 0 aromatic heterocycles. The zero-order valence-corrected chi connectivity index (χ0v) is 10.6. The van der Waals surface area contributed by atoms with Crippen molar-refractivity contribution in [3.8, 4) is 0 Å². The van der Waals surface area contributed by atoms with Gasteiger partial charge in [-0.1, -0.05) is 6.92 Å². The van der Waals surface area contributed by atoms with Crippen LogP contribution >= 0.6 is 0 Å². The Kier molecular flexibility index (Phi) is 11.8. The van der Waals surface area contributed by atoms with Gasteiger partial charge in [-0.3, -0.25) is 0 Å². The number of rotatable bonds is 11. The van der Waals surface area contributed by atoms with Gasteiger partial charge < -0.3 is 20.9 Å². The van der Waals surface area contributed by atoms with Crippen LogP contribution < -0.4 is 16.0 Å². The predicted molar refractivity (Wildman–Crippen MR) is 67.5 cm³/mol. The Morgan fingerprint density at radius 3 is 2.20 bits per heavy atom. The molecule has 0 heterocycles. The van der Waals surface area contributed by atoms with E-state index in [1.807, 2.05) is 7.05 Å². The number of nitrogens with zero attached hydrogens (tertiary/aromatic N) is 1. The van der Waals surface area contributed by atoms with Gasteiger partial charge in [-0.2, -0.15) is 0 Å². The van der Waals surface area contributed by atoms with E-state index in [-0.39, 0.29) is 0 Å². The van der Waals surface area contributed by atoms with Crippen LogP contribution in [-0.4, -0.2) is 64.8 Å². The standard InChI is InChI=1S/C11H28N4/c1-4-15(3)11-10-14-7-5-6-13-9-8-12-2/h12-14H,4-11H2,1-3H3. The minimum atomic E-state index is 1.05. The third-order valence-corrected chi connectivity index (χ3v) is 2.47. The average Bonchev–Trinajstić information content (AvgIpc) is 2.26. The Morgan fingerprint density at radius 2 is 1.60 bits per heavy atom. The van der Waals surface area contributed by atoms with E-state index in [1.165, 1.54) is 6.42 Å². The average molecular weight is 216 g/mol. The highest BCUT2D eigenvalue weighted by atomic mass is 15.1. The summed E-state index contributed by atoms with van der Waals surface area (Å²) in [4.78, 5) is 2.32. The SMILES string of the molecule is CCN(C)CCNCCCNCCNC. The molecule has 0 saturated carbocycles. The minimum absolute atomic E-state index is 1.05. The minimum Gasteiger partial charge on any atom is -0.318 e. The van der Waals surface area contributed by atoms with Gasteiger partial charge in [0, 0.05) is 26.2 Å². The second-order valence-electron chi connectivity index (χ2n) is 3.85. The van der Waals surface area contributed by atoms with Crippen LogP contribution in [0.2, 0.25) is 0 Å². The van der Waals surface area contributed by atoms with Gasteiger partial charge in [0.1, 0.15) is 0 Å². The first-order valence-corrected chi connectivity index (χ1v) is 6.05. The lowest BCUT2D eigenvalue weighted by molar-refractivity contribution is 0.349. The van der Waals surface area contributed by atoms with Crippen LogP contribution in [0.3, 0.4) is 0 Å². The first-order valence-electron chi connectivity index (χ1n) is 6.05. The lowest BCUT2D eigenvalue weighted by Gasteiger charge is -2.13. The fraction of sp³-hybridized carbons (Fsp3) is 1.00. The Bertz CT molecular complexity index is 119.